The molecule has 0 atom stereocenters. The van der Waals surface area contributed by atoms with E-state index in [0.29, 0.717) is 6.61 Å². The Kier molecular flexibility index (Phi) is 7.61. The van der Waals surface area contributed by atoms with Gasteiger partial charge in [0.25, 0.3) is 6.61 Å². The van der Waals surface area contributed by atoms with Gasteiger partial charge in [0, 0.05) is 17.3 Å². The van der Waals surface area contributed by atoms with Crippen LogP contribution in [0.4, 0.5) is 17.3 Å². The smallest absolute Gasteiger partial charge is 0.497 e. The van der Waals surface area contributed by atoms with E-state index in [1.54, 1.807) is 27.8 Å². The van der Waals surface area contributed by atoms with E-state index in [-0.39, 0.29) is 0 Å². The van der Waals surface area contributed by atoms with E-state index in [1.165, 1.54) is 21.6 Å². The predicted octanol–water partition coefficient (Wildman–Crippen LogP) is 6.37. The summed E-state index contributed by atoms with van der Waals surface area (Å²) >= 11 is 0. The maximum Gasteiger partial charge on any atom is 0.673 e. The van der Waals surface area contributed by atoms with Gasteiger partial charge in [0.1, 0.15) is 11.3 Å². The van der Waals surface area contributed by atoms with Crippen LogP contribution < -0.4 is 9.48 Å². The number of methoxy groups -OCH3 is 1. The molecule has 3 rings (SSSR count). The Morgan fingerprint density at radius 1 is 0.889 bits per heavy atom. The SMILES string of the molecule is CC[O+]=c1ssc(-c2ccc(OC)cc2)c1-c1ccccc1.F[B-](F)(F)F. The summed E-state index contributed by atoms with van der Waals surface area (Å²) in [6.07, 6.45) is 0. The highest BCUT2D eigenvalue weighted by Gasteiger charge is 2.21. The zero-order valence-electron chi connectivity index (χ0n) is 14.6. The van der Waals surface area contributed by atoms with Crippen molar-refractivity contribution in [1.29, 1.82) is 0 Å². The number of rotatable bonds is 4. The molecule has 0 unspecified atom stereocenters. The summed E-state index contributed by atoms with van der Waals surface area (Å²) in [6, 6.07) is 18.6. The minimum absolute atomic E-state index is 0.676. The van der Waals surface area contributed by atoms with E-state index in [4.69, 9.17) is 9.16 Å². The molecule has 2 nitrogen and oxygen atoms in total. The second kappa shape index (κ2) is 9.71. The van der Waals surface area contributed by atoms with Crippen molar-refractivity contribution in [2.24, 2.45) is 0 Å². The lowest BCUT2D eigenvalue weighted by atomic mass is 10.0. The number of benzene rings is 2. The van der Waals surface area contributed by atoms with Gasteiger partial charge in [-0.2, -0.15) is 0 Å². The highest BCUT2D eigenvalue weighted by Crippen LogP contribution is 2.36. The third-order valence-corrected chi connectivity index (χ3v) is 5.69. The summed E-state index contributed by atoms with van der Waals surface area (Å²) in [5.41, 5.74) is 3.56. The average molecular weight is 416 g/mol. The molecule has 0 radical (unpaired) electrons. The monoisotopic (exact) mass is 416 g/mol. The summed E-state index contributed by atoms with van der Waals surface area (Å²) in [5.74, 6) is 0.871. The summed E-state index contributed by atoms with van der Waals surface area (Å²) in [6.45, 7) is 2.70. The Morgan fingerprint density at radius 3 is 2.00 bits per heavy atom. The fourth-order valence-corrected chi connectivity index (χ4v) is 4.90. The first-order valence-corrected chi connectivity index (χ1v) is 10.1. The Morgan fingerprint density at radius 2 is 1.48 bits per heavy atom. The fourth-order valence-electron chi connectivity index (χ4n) is 2.27. The number of hydrogen-bond acceptors (Lipinski definition) is 3. The fraction of sp³-hybridized carbons (Fsp3) is 0.167. The van der Waals surface area contributed by atoms with Crippen molar-refractivity contribution >= 4 is 27.9 Å². The van der Waals surface area contributed by atoms with Gasteiger partial charge in [0.2, 0.25) is 0 Å². The molecule has 27 heavy (non-hydrogen) atoms. The van der Waals surface area contributed by atoms with Crippen LogP contribution in [0.5, 0.6) is 5.75 Å². The molecule has 1 aromatic heterocycles. The second-order valence-electron chi connectivity index (χ2n) is 5.18. The van der Waals surface area contributed by atoms with E-state index in [9.17, 15) is 17.3 Å². The standard InChI is InChI=1S/C18H17O2S2.BF4/c1-3-20-18-16(13-7-5-4-6-8-13)17(21-22-18)14-9-11-15(19-2)12-10-14;2-1(3,4)5/h4-12H,3H2,1-2H3;/q+1;-1. The van der Waals surface area contributed by atoms with Crippen molar-refractivity contribution in [3.8, 4) is 27.3 Å². The maximum absolute atomic E-state index is 9.75. The predicted molar refractivity (Wildman–Crippen MR) is 107 cm³/mol. The minimum atomic E-state index is -6.00. The van der Waals surface area contributed by atoms with E-state index >= 15 is 0 Å². The number of ether oxygens (including phenoxy) is 1. The Bertz CT molecular complexity index is 898. The highest BCUT2D eigenvalue weighted by atomic mass is 32.9. The Balaban J connectivity index is 0.000000465. The minimum Gasteiger partial charge on any atom is -0.497 e. The molecule has 0 bridgehead atoms. The third kappa shape index (κ3) is 6.52. The molecule has 2 aromatic carbocycles. The molecule has 0 aliphatic rings. The molecule has 0 aliphatic carbocycles. The molecule has 3 aromatic rings. The molecule has 1 heterocycles. The van der Waals surface area contributed by atoms with Crippen LogP contribution in [0.3, 0.4) is 0 Å². The zero-order valence-corrected chi connectivity index (χ0v) is 16.3. The molecule has 0 saturated heterocycles. The van der Waals surface area contributed by atoms with Gasteiger partial charge in [-0.15, -0.1) is 0 Å². The van der Waals surface area contributed by atoms with Crippen molar-refractivity contribution in [3.63, 3.8) is 0 Å². The van der Waals surface area contributed by atoms with Crippen molar-refractivity contribution < 1.29 is 22.0 Å². The van der Waals surface area contributed by atoms with Gasteiger partial charge < -0.3 is 22.0 Å². The quantitative estimate of drug-likeness (QED) is 0.210. The lowest BCUT2D eigenvalue weighted by molar-refractivity contribution is 0.368. The summed E-state index contributed by atoms with van der Waals surface area (Å²) in [5, 5.41) is 0. The van der Waals surface area contributed by atoms with Crippen molar-refractivity contribution in [1.82, 2.24) is 0 Å². The third-order valence-electron chi connectivity index (χ3n) is 3.32. The Hall–Kier alpha value is -2.13. The van der Waals surface area contributed by atoms with E-state index in [2.05, 4.69) is 36.4 Å². The van der Waals surface area contributed by atoms with E-state index in [0.717, 1.165) is 10.5 Å². The molecular weight excluding hydrogens is 399 g/mol. The highest BCUT2D eigenvalue weighted by molar-refractivity contribution is 7.70. The van der Waals surface area contributed by atoms with Crippen LogP contribution in [-0.4, -0.2) is 21.0 Å². The first kappa shape index (κ1) is 21.2. The summed E-state index contributed by atoms with van der Waals surface area (Å²) < 4.78 is 51.1. The van der Waals surface area contributed by atoms with Crippen molar-refractivity contribution in [2.75, 3.05) is 13.7 Å². The molecule has 144 valence electrons. The van der Waals surface area contributed by atoms with Crippen molar-refractivity contribution in [2.45, 2.75) is 6.92 Å². The first-order chi connectivity index (χ1) is 12.8. The molecule has 9 heteroatoms. The topological polar surface area (TPSA) is 20.5 Å². The van der Waals surface area contributed by atoms with Crippen LogP contribution in [0.1, 0.15) is 6.92 Å². The van der Waals surface area contributed by atoms with Gasteiger partial charge in [0.05, 0.1) is 12.0 Å². The molecule has 0 spiro atoms. The van der Waals surface area contributed by atoms with Gasteiger partial charge in [-0.25, -0.2) is 4.42 Å². The summed E-state index contributed by atoms with van der Waals surface area (Å²) in [7, 11) is -0.873. The van der Waals surface area contributed by atoms with Crippen LogP contribution in [0.25, 0.3) is 21.6 Å². The van der Waals surface area contributed by atoms with Crippen molar-refractivity contribution in [3.05, 3.63) is 63.8 Å². The number of halogens is 4. The largest absolute Gasteiger partial charge is 0.673 e. The van der Waals surface area contributed by atoms with Crippen LogP contribution >= 0.6 is 20.7 Å². The second-order valence-corrected chi connectivity index (χ2v) is 7.29. The molecule has 0 saturated carbocycles. The van der Waals surface area contributed by atoms with Gasteiger partial charge in [-0.3, -0.25) is 0 Å². The van der Waals surface area contributed by atoms with Crippen LogP contribution in [-0.2, 0) is 0 Å². The molecular formula is C18H17BF4O2S2. The maximum atomic E-state index is 9.75. The van der Waals surface area contributed by atoms with Gasteiger partial charge in [-0.05, 0) is 35.4 Å². The van der Waals surface area contributed by atoms with Crippen LogP contribution in [0.2, 0.25) is 0 Å². The van der Waals surface area contributed by atoms with E-state index in [1.807, 2.05) is 25.1 Å². The molecule has 0 amide bonds. The average Bonchev–Trinajstić information content (AvgIpc) is 3.05. The first-order valence-electron chi connectivity index (χ1n) is 7.99. The molecule has 0 aliphatic heterocycles. The van der Waals surface area contributed by atoms with Crippen LogP contribution in [0, 0.1) is 0 Å². The lowest BCUT2D eigenvalue weighted by Crippen LogP contribution is -2.02. The Labute approximate surface area is 161 Å². The molecule has 0 N–H and O–H groups in total. The van der Waals surface area contributed by atoms with Gasteiger partial charge >= 0.3 is 12.0 Å². The normalized spacial score (nSPS) is 11.7. The van der Waals surface area contributed by atoms with Crippen LogP contribution in [0.15, 0.2) is 59.0 Å². The number of hydrogen-bond donors (Lipinski definition) is 0. The lowest BCUT2D eigenvalue weighted by Gasteiger charge is -2.03. The van der Waals surface area contributed by atoms with Gasteiger partial charge in [0.15, 0.2) is 0 Å². The van der Waals surface area contributed by atoms with E-state index < -0.39 is 7.25 Å². The van der Waals surface area contributed by atoms with Gasteiger partial charge in [-0.1, -0.05) is 40.7 Å². The molecule has 0 fully saturated rings. The zero-order chi connectivity index (χ0) is 19.9. The summed E-state index contributed by atoms with van der Waals surface area (Å²) in [4.78, 5) is 1.24.